The molecule has 2 heterocycles. The van der Waals surface area contributed by atoms with E-state index in [0.717, 1.165) is 5.56 Å². The van der Waals surface area contributed by atoms with Crippen molar-refractivity contribution >= 4 is 33.8 Å². The van der Waals surface area contributed by atoms with Crippen molar-refractivity contribution in [3.8, 4) is 0 Å². The fourth-order valence-corrected chi connectivity index (χ4v) is 2.59. The second kappa shape index (κ2) is 6.18. The van der Waals surface area contributed by atoms with Crippen molar-refractivity contribution in [1.82, 2.24) is 15.5 Å². The molecule has 0 aliphatic carbocycles. The number of carbonyl (C=O) groups excluding carboxylic acids is 1. The van der Waals surface area contributed by atoms with E-state index in [2.05, 4.69) is 20.8 Å². The third-order valence-electron chi connectivity index (χ3n) is 2.17. The van der Waals surface area contributed by atoms with Crippen LogP contribution in [0.1, 0.15) is 10.6 Å². The fraction of sp³-hybridized carbons (Fsp3) is 0.300. The van der Waals surface area contributed by atoms with Gasteiger partial charge in [-0.25, -0.2) is 4.79 Å². The molecule has 2 aromatic rings. The number of amides is 2. The number of carbonyl (C=O) groups is 1. The Hall–Kier alpha value is -1.68. The van der Waals surface area contributed by atoms with E-state index < -0.39 is 17.2 Å². The highest BCUT2D eigenvalue weighted by Gasteiger charge is 2.35. The molecule has 0 radical (unpaired) electrons. The van der Waals surface area contributed by atoms with Crippen LogP contribution >= 0.6 is 22.7 Å². The second-order valence-corrected chi connectivity index (χ2v) is 5.43. The zero-order chi connectivity index (χ0) is 14.6. The molecule has 0 atom stereocenters. The minimum Gasteiger partial charge on any atom is -0.337 e. The molecular formula is C10H9F3N4OS2. The van der Waals surface area contributed by atoms with E-state index >= 15 is 0 Å². The topological polar surface area (TPSA) is 66.9 Å². The van der Waals surface area contributed by atoms with E-state index in [1.165, 1.54) is 0 Å². The van der Waals surface area contributed by atoms with Gasteiger partial charge in [-0.05, 0) is 28.8 Å². The van der Waals surface area contributed by atoms with Gasteiger partial charge >= 0.3 is 12.2 Å². The largest absolute Gasteiger partial charge is 0.445 e. The molecule has 2 N–H and O–H groups in total. The lowest BCUT2D eigenvalue weighted by Crippen LogP contribution is -2.30. The third-order valence-corrected chi connectivity index (χ3v) is 3.78. The zero-order valence-corrected chi connectivity index (χ0v) is 11.5. The lowest BCUT2D eigenvalue weighted by Gasteiger charge is -2.03. The number of alkyl halides is 3. The van der Waals surface area contributed by atoms with Crippen LogP contribution in [0.3, 0.4) is 0 Å². The summed E-state index contributed by atoms with van der Waals surface area (Å²) in [6.07, 6.45) is -3.89. The van der Waals surface area contributed by atoms with Gasteiger partial charge in [0.25, 0.3) is 0 Å². The molecule has 0 aromatic carbocycles. The van der Waals surface area contributed by atoms with Crippen LogP contribution in [0.15, 0.2) is 16.8 Å². The highest BCUT2D eigenvalue weighted by Crippen LogP contribution is 2.32. The lowest BCUT2D eigenvalue weighted by molar-refractivity contribution is -0.138. The van der Waals surface area contributed by atoms with Crippen molar-refractivity contribution < 1.29 is 18.0 Å². The van der Waals surface area contributed by atoms with Crippen LogP contribution in [0.25, 0.3) is 0 Å². The lowest BCUT2D eigenvalue weighted by atomic mass is 10.2. The predicted octanol–water partition coefficient (Wildman–Crippen LogP) is 2.98. The van der Waals surface area contributed by atoms with Crippen molar-refractivity contribution in [3.05, 3.63) is 27.4 Å². The summed E-state index contributed by atoms with van der Waals surface area (Å²) in [4.78, 5) is 11.4. The molecule has 10 heteroatoms. The Balaban J connectivity index is 1.78. The van der Waals surface area contributed by atoms with Gasteiger partial charge in [0, 0.05) is 6.54 Å². The molecule has 0 unspecified atom stereocenters. The molecule has 0 spiro atoms. The van der Waals surface area contributed by atoms with Crippen LogP contribution in [-0.4, -0.2) is 22.8 Å². The fourth-order valence-electron chi connectivity index (χ4n) is 1.28. The first-order valence-electron chi connectivity index (χ1n) is 5.42. The average molecular weight is 322 g/mol. The van der Waals surface area contributed by atoms with Crippen LogP contribution in [0.2, 0.25) is 0 Å². The van der Waals surface area contributed by atoms with Gasteiger partial charge in [-0.3, -0.25) is 5.32 Å². The van der Waals surface area contributed by atoms with E-state index in [4.69, 9.17) is 0 Å². The highest BCUT2D eigenvalue weighted by molar-refractivity contribution is 7.15. The molecule has 0 aliphatic heterocycles. The molecular weight excluding hydrogens is 313 g/mol. The van der Waals surface area contributed by atoms with Crippen molar-refractivity contribution in [2.75, 3.05) is 11.9 Å². The number of anilines is 1. The molecule has 0 aliphatic rings. The molecule has 0 fully saturated rings. The van der Waals surface area contributed by atoms with Gasteiger partial charge in [-0.1, -0.05) is 11.3 Å². The van der Waals surface area contributed by atoms with E-state index in [-0.39, 0.29) is 16.5 Å². The van der Waals surface area contributed by atoms with Crippen LogP contribution < -0.4 is 10.6 Å². The maximum atomic E-state index is 12.3. The first kappa shape index (κ1) is 14.7. The summed E-state index contributed by atoms with van der Waals surface area (Å²) in [5.74, 6) is 0. The number of rotatable bonds is 4. The van der Waals surface area contributed by atoms with Crippen LogP contribution in [0.4, 0.5) is 23.1 Å². The van der Waals surface area contributed by atoms with Crippen molar-refractivity contribution in [2.45, 2.75) is 12.6 Å². The number of halogens is 3. The molecule has 20 heavy (non-hydrogen) atoms. The summed E-state index contributed by atoms with van der Waals surface area (Å²) < 4.78 is 36.8. The smallest absolute Gasteiger partial charge is 0.337 e. The Morgan fingerprint density at radius 1 is 1.35 bits per heavy atom. The number of nitrogens with one attached hydrogen (secondary N) is 2. The van der Waals surface area contributed by atoms with Crippen LogP contribution in [0.5, 0.6) is 0 Å². The van der Waals surface area contributed by atoms with Crippen LogP contribution in [0, 0.1) is 0 Å². The van der Waals surface area contributed by atoms with E-state index in [1.807, 2.05) is 16.8 Å². The molecule has 108 valence electrons. The average Bonchev–Trinajstić information content (AvgIpc) is 2.98. The maximum absolute atomic E-state index is 12.3. The van der Waals surface area contributed by atoms with Gasteiger partial charge in [0.1, 0.15) is 0 Å². The Kier molecular flexibility index (Phi) is 4.55. The Morgan fingerprint density at radius 3 is 2.75 bits per heavy atom. The van der Waals surface area contributed by atoms with E-state index in [9.17, 15) is 18.0 Å². The van der Waals surface area contributed by atoms with Gasteiger partial charge in [-0.15, -0.1) is 10.2 Å². The molecule has 0 saturated heterocycles. The quantitative estimate of drug-likeness (QED) is 0.909. The van der Waals surface area contributed by atoms with Crippen molar-refractivity contribution in [3.63, 3.8) is 0 Å². The molecule has 0 saturated carbocycles. The van der Waals surface area contributed by atoms with Crippen LogP contribution in [-0.2, 0) is 12.6 Å². The number of hydrogen-bond acceptors (Lipinski definition) is 5. The first-order chi connectivity index (χ1) is 9.45. The summed E-state index contributed by atoms with van der Waals surface area (Å²) in [5, 5.41) is 13.6. The van der Waals surface area contributed by atoms with Gasteiger partial charge in [0.05, 0.1) is 0 Å². The van der Waals surface area contributed by atoms with E-state index in [0.29, 0.717) is 13.0 Å². The van der Waals surface area contributed by atoms with Crippen molar-refractivity contribution in [2.24, 2.45) is 0 Å². The molecule has 5 nitrogen and oxygen atoms in total. The number of thiophene rings is 1. The van der Waals surface area contributed by atoms with E-state index in [1.54, 1.807) is 11.3 Å². The van der Waals surface area contributed by atoms with Gasteiger partial charge in [0.2, 0.25) is 10.1 Å². The molecule has 2 aromatic heterocycles. The molecule has 2 amide bonds. The Bertz CT molecular complexity index is 567. The highest BCUT2D eigenvalue weighted by atomic mass is 32.1. The monoisotopic (exact) mass is 322 g/mol. The molecule has 0 bridgehead atoms. The number of nitrogens with zero attached hydrogens (tertiary/aromatic N) is 2. The van der Waals surface area contributed by atoms with Gasteiger partial charge < -0.3 is 5.32 Å². The van der Waals surface area contributed by atoms with Gasteiger partial charge in [0.15, 0.2) is 0 Å². The number of hydrogen-bond donors (Lipinski definition) is 2. The minimum atomic E-state index is -4.55. The predicted molar refractivity (Wildman–Crippen MR) is 70.0 cm³/mol. The summed E-state index contributed by atoms with van der Waals surface area (Å²) in [7, 11) is 0. The third kappa shape index (κ3) is 4.17. The van der Waals surface area contributed by atoms with Gasteiger partial charge in [-0.2, -0.15) is 24.5 Å². The summed E-state index contributed by atoms with van der Waals surface area (Å²) in [6, 6.07) is 1.33. The van der Waals surface area contributed by atoms with Crippen molar-refractivity contribution in [1.29, 1.82) is 0 Å². The Morgan fingerprint density at radius 2 is 2.15 bits per heavy atom. The molecule has 2 rings (SSSR count). The number of urea groups is 1. The Labute approximate surface area is 119 Å². The zero-order valence-electron chi connectivity index (χ0n) is 9.90. The maximum Gasteiger partial charge on any atom is 0.445 e. The summed E-state index contributed by atoms with van der Waals surface area (Å²) in [6.45, 7) is 0.382. The number of aromatic nitrogens is 2. The summed E-state index contributed by atoms with van der Waals surface area (Å²) in [5.41, 5.74) is 1.09. The minimum absolute atomic E-state index is 0.189. The first-order valence-corrected chi connectivity index (χ1v) is 7.18. The second-order valence-electron chi connectivity index (χ2n) is 3.67. The standard InChI is InChI=1S/C10H9F3N4OS2/c11-10(12,13)7-16-17-9(20-7)15-8(18)14-3-1-6-2-4-19-5-6/h2,4-5H,1,3H2,(H2,14,15,17,18). The summed E-state index contributed by atoms with van der Waals surface area (Å²) >= 11 is 1.84. The SMILES string of the molecule is O=C(NCCc1ccsc1)Nc1nnc(C(F)(F)F)s1. The normalized spacial score (nSPS) is 11.3.